The number of hydrogen-bond donors (Lipinski definition) is 1. The highest BCUT2D eigenvalue weighted by atomic mass is 19.1. The molecule has 1 aliphatic rings. The maximum absolute atomic E-state index is 13.4. The van der Waals surface area contributed by atoms with Crippen LogP contribution in [0.1, 0.15) is 12.1 Å². The van der Waals surface area contributed by atoms with Gasteiger partial charge in [0.25, 0.3) is 0 Å². The van der Waals surface area contributed by atoms with Crippen molar-refractivity contribution in [1.29, 1.82) is 0 Å². The first-order valence-electron chi connectivity index (χ1n) is 7.30. The lowest BCUT2D eigenvalue weighted by Gasteiger charge is -2.21. The van der Waals surface area contributed by atoms with Crippen LogP contribution in [0.3, 0.4) is 0 Å². The molecule has 0 spiro atoms. The lowest BCUT2D eigenvalue weighted by Crippen LogP contribution is -2.28. The molecular weight excluding hydrogens is 267 g/mol. The number of rotatable bonds is 2. The molecule has 110 valence electrons. The molecule has 5 heteroatoms. The van der Waals surface area contributed by atoms with Gasteiger partial charge in [0, 0.05) is 37.0 Å². The average Bonchev–Trinajstić information content (AvgIpc) is 2.76. The molecule has 4 nitrogen and oxygen atoms in total. The summed E-state index contributed by atoms with van der Waals surface area (Å²) in [7, 11) is 0. The van der Waals surface area contributed by atoms with Crippen LogP contribution in [-0.4, -0.2) is 36.1 Å². The van der Waals surface area contributed by atoms with Gasteiger partial charge in [-0.3, -0.25) is 0 Å². The van der Waals surface area contributed by atoms with Gasteiger partial charge < -0.3 is 10.2 Å². The first kappa shape index (κ1) is 13.9. The Bertz CT molecular complexity index is 621. The van der Waals surface area contributed by atoms with Crippen molar-refractivity contribution in [3.63, 3.8) is 0 Å². The normalized spacial score (nSPS) is 15.8. The summed E-state index contributed by atoms with van der Waals surface area (Å²) in [6.45, 7) is 5.85. The van der Waals surface area contributed by atoms with Crippen molar-refractivity contribution in [3.8, 4) is 11.4 Å². The highest BCUT2D eigenvalue weighted by molar-refractivity contribution is 5.58. The van der Waals surface area contributed by atoms with Crippen molar-refractivity contribution in [3.05, 3.63) is 41.8 Å². The minimum absolute atomic E-state index is 0.266. The van der Waals surface area contributed by atoms with Gasteiger partial charge in [0.15, 0.2) is 5.82 Å². The molecule has 1 aromatic carbocycles. The van der Waals surface area contributed by atoms with Crippen molar-refractivity contribution in [2.75, 3.05) is 31.1 Å². The quantitative estimate of drug-likeness (QED) is 0.920. The zero-order valence-corrected chi connectivity index (χ0v) is 12.1. The van der Waals surface area contributed by atoms with Crippen LogP contribution in [-0.2, 0) is 0 Å². The molecule has 0 radical (unpaired) electrons. The predicted octanol–water partition coefficient (Wildman–Crippen LogP) is 2.39. The van der Waals surface area contributed by atoms with Gasteiger partial charge in [-0.15, -0.1) is 0 Å². The molecule has 0 atom stereocenters. The first-order valence-corrected chi connectivity index (χ1v) is 7.30. The summed E-state index contributed by atoms with van der Waals surface area (Å²) in [5, 5.41) is 3.38. The third-order valence-electron chi connectivity index (χ3n) is 3.59. The molecule has 0 saturated carbocycles. The van der Waals surface area contributed by atoms with E-state index in [0.717, 1.165) is 44.1 Å². The zero-order chi connectivity index (χ0) is 14.7. The van der Waals surface area contributed by atoms with E-state index in [9.17, 15) is 4.39 Å². The molecule has 2 heterocycles. The number of benzene rings is 1. The van der Waals surface area contributed by atoms with E-state index in [1.807, 2.05) is 19.1 Å². The van der Waals surface area contributed by atoms with Gasteiger partial charge in [0.05, 0.1) is 0 Å². The zero-order valence-electron chi connectivity index (χ0n) is 12.1. The second-order valence-corrected chi connectivity index (χ2v) is 5.29. The van der Waals surface area contributed by atoms with Gasteiger partial charge >= 0.3 is 0 Å². The van der Waals surface area contributed by atoms with E-state index in [0.29, 0.717) is 11.4 Å². The number of aryl methyl sites for hydroxylation is 1. The Labute approximate surface area is 124 Å². The van der Waals surface area contributed by atoms with Crippen LogP contribution in [0.4, 0.5) is 10.2 Å². The fraction of sp³-hybridized carbons (Fsp3) is 0.375. The minimum Gasteiger partial charge on any atom is -0.355 e. The van der Waals surface area contributed by atoms with E-state index in [4.69, 9.17) is 0 Å². The maximum Gasteiger partial charge on any atom is 0.161 e. The Kier molecular flexibility index (Phi) is 4.10. The highest BCUT2D eigenvalue weighted by Gasteiger charge is 2.13. The van der Waals surface area contributed by atoms with E-state index in [1.54, 1.807) is 6.07 Å². The van der Waals surface area contributed by atoms with Crippen molar-refractivity contribution in [2.24, 2.45) is 0 Å². The summed E-state index contributed by atoms with van der Waals surface area (Å²) in [6, 6.07) is 8.43. The summed E-state index contributed by atoms with van der Waals surface area (Å²) in [5.41, 5.74) is 1.62. The molecule has 1 N–H and O–H groups in total. The second-order valence-electron chi connectivity index (χ2n) is 5.29. The van der Waals surface area contributed by atoms with E-state index >= 15 is 0 Å². The Balaban J connectivity index is 1.95. The molecule has 3 rings (SSSR count). The molecular formula is C16H19FN4. The summed E-state index contributed by atoms with van der Waals surface area (Å²) >= 11 is 0. The number of anilines is 1. The summed E-state index contributed by atoms with van der Waals surface area (Å²) < 4.78 is 13.4. The fourth-order valence-corrected chi connectivity index (χ4v) is 2.55. The SMILES string of the molecule is Cc1cc(N2CCCNCC2)nc(-c2cccc(F)c2)n1. The van der Waals surface area contributed by atoms with E-state index in [-0.39, 0.29) is 5.82 Å². The number of nitrogens with zero attached hydrogens (tertiary/aromatic N) is 3. The molecule has 21 heavy (non-hydrogen) atoms. The Morgan fingerprint density at radius 2 is 2.05 bits per heavy atom. The molecule has 0 aliphatic carbocycles. The predicted molar refractivity (Wildman–Crippen MR) is 81.9 cm³/mol. The smallest absolute Gasteiger partial charge is 0.161 e. The summed E-state index contributed by atoms with van der Waals surface area (Å²) in [6.07, 6.45) is 1.10. The number of nitrogens with one attached hydrogen (secondary N) is 1. The molecule has 1 aliphatic heterocycles. The summed E-state index contributed by atoms with van der Waals surface area (Å²) in [5.74, 6) is 1.24. The van der Waals surface area contributed by atoms with Crippen molar-refractivity contribution in [1.82, 2.24) is 15.3 Å². The maximum atomic E-state index is 13.4. The molecule has 0 amide bonds. The largest absolute Gasteiger partial charge is 0.355 e. The van der Waals surface area contributed by atoms with Crippen LogP contribution in [0, 0.1) is 12.7 Å². The van der Waals surface area contributed by atoms with Crippen molar-refractivity contribution >= 4 is 5.82 Å². The third-order valence-corrected chi connectivity index (χ3v) is 3.59. The van der Waals surface area contributed by atoms with Crippen LogP contribution in [0.25, 0.3) is 11.4 Å². The number of aromatic nitrogens is 2. The van der Waals surface area contributed by atoms with Crippen molar-refractivity contribution in [2.45, 2.75) is 13.3 Å². The van der Waals surface area contributed by atoms with E-state index in [2.05, 4.69) is 20.2 Å². The van der Waals surface area contributed by atoms with Crippen LogP contribution >= 0.6 is 0 Å². The van der Waals surface area contributed by atoms with Gasteiger partial charge in [-0.05, 0) is 32.0 Å². The molecule has 1 aromatic heterocycles. The summed E-state index contributed by atoms with van der Waals surface area (Å²) in [4.78, 5) is 11.3. The lowest BCUT2D eigenvalue weighted by atomic mass is 10.2. The number of hydrogen-bond acceptors (Lipinski definition) is 4. The van der Waals surface area contributed by atoms with Gasteiger partial charge in [0.1, 0.15) is 11.6 Å². The Morgan fingerprint density at radius 3 is 2.90 bits per heavy atom. The number of halogens is 1. The van der Waals surface area contributed by atoms with Crippen molar-refractivity contribution < 1.29 is 4.39 Å². The standard InChI is InChI=1S/C16H19FN4/c1-12-10-15(21-8-3-6-18-7-9-21)20-16(19-12)13-4-2-5-14(17)11-13/h2,4-5,10-11,18H,3,6-9H2,1H3. The highest BCUT2D eigenvalue weighted by Crippen LogP contribution is 2.21. The van der Waals surface area contributed by atoms with Gasteiger partial charge in [-0.25, -0.2) is 14.4 Å². The molecule has 1 fully saturated rings. The molecule has 2 aromatic rings. The monoisotopic (exact) mass is 286 g/mol. The van der Waals surface area contributed by atoms with Crippen LogP contribution in [0.2, 0.25) is 0 Å². The van der Waals surface area contributed by atoms with Gasteiger partial charge in [0.2, 0.25) is 0 Å². The average molecular weight is 286 g/mol. The minimum atomic E-state index is -0.266. The van der Waals surface area contributed by atoms with Gasteiger partial charge in [-0.2, -0.15) is 0 Å². The Morgan fingerprint density at radius 1 is 1.14 bits per heavy atom. The molecule has 0 unspecified atom stereocenters. The van der Waals surface area contributed by atoms with Gasteiger partial charge in [-0.1, -0.05) is 12.1 Å². The lowest BCUT2D eigenvalue weighted by molar-refractivity contribution is 0.628. The Hall–Kier alpha value is -2.01. The topological polar surface area (TPSA) is 41.0 Å². The van der Waals surface area contributed by atoms with Crippen LogP contribution in [0.5, 0.6) is 0 Å². The first-order chi connectivity index (χ1) is 10.2. The van der Waals surface area contributed by atoms with E-state index in [1.165, 1.54) is 12.1 Å². The molecule has 0 bridgehead atoms. The third kappa shape index (κ3) is 3.36. The van der Waals surface area contributed by atoms with E-state index < -0.39 is 0 Å². The fourth-order valence-electron chi connectivity index (χ4n) is 2.55. The van der Waals surface area contributed by atoms with Crippen LogP contribution in [0.15, 0.2) is 30.3 Å². The van der Waals surface area contributed by atoms with Crippen LogP contribution < -0.4 is 10.2 Å². The molecule has 1 saturated heterocycles. The second kappa shape index (κ2) is 6.18.